The Hall–Kier alpha value is -1.57. The van der Waals surface area contributed by atoms with Gasteiger partial charge in [-0.2, -0.15) is 5.26 Å². The van der Waals surface area contributed by atoms with E-state index in [9.17, 15) is 0 Å². The Morgan fingerprint density at radius 3 is 2.89 bits per heavy atom. The molecule has 1 unspecified atom stereocenters. The van der Waals surface area contributed by atoms with Crippen LogP contribution < -0.4 is 10.1 Å². The minimum Gasteiger partial charge on any atom is -0.495 e. The van der Waals surface area contributed by atoms with E-state index in [0.29, 0.717) is 17.2 Å². The molecule has 0 aromatic heterocycles. The SMILES string of the molecule is COc1ccc(CNCCCC(C)CO)cc1C#N. The molecule has 0 heterocycles. The fraction of sp³-hybridized carbons (Fsp3) is 0.533. The molecule has 1 aromatic rings. The second-order valence-corrected chi connectivity index (χ2v) is 4.75. The first-order valence-corrected chi connectivity index (χ1v) is 6.59. The van der Waals surface area contributed by atoms with Crippen molar-refractivity contribution in [3.63, 3.8) is 0 Å². The maximum atomic E-state index is 9.00. The molecular formula is C15H22N2O2. The molecule has 0 saturated heterocycles. The van der Waals surface area contributed by atoms with Crippen molar-refractivity contribution >= 4 is 0 Å². The molecule has 19 heavy (non-hydrogen) atoms. The molecule has 4 heteroatoms. The average molecular weight is 262 g/mol. The molecule has 1 rings (SSSR count). The van der Waals surface area contributed by atoms with Gasteiger partial charge in [-0.1, -0.05) is 13.0 Å². The summed E-state index contributed by atoms with van der Waals surface area (Å²) >= 11 is 0. The molecule has 0 aliphatic carbocycles. The molecule has 0 saturated carbocycles. The van der Waals surface area contributed by atoms with E-state index in [-0.39, 0.29) is 6.61 Å². The quantitative estimate of drug-likeness (QED) is 0.704. The number of rotatable bonds is 8. The third-order valence-corrected chi connectivity index (χ3v) is 3.08. The summed E-state index contributed by atoms with van der Waals surface area (Å²) < 4.78 is 5.11. The molecule has 0 bridgehead atoms. The highest BCUT2D eigenvalue weighted by Crippen LogP contribution is 2.18. The summed E-state index contributed by atoms with van der Waals surface area (Å²) in [5.74, 6) is 0.982. The monoisotopic (exact) mass is 262 g/mol. The number of ether oxygens (including phenoxy) is 1. The number of aliphatic hydroxyl groups excluding tert-OH is 1. The van der Waals surface area contributed by atoms with Crippen LogP contribution in [0.4, 0.5) is 0 Å². The molecule has 4 nitrogen and oxygen atoms in total. The number of benzene rings is 1. The van der Waals surface area contributed by atoms with Crippen LogP contribution in [-0.2, 0) is 6.54 Å². The van der Waals surface area contributed by atoms with Crippen molar-refractivity contribution in [3.05, 3.63) is 29.3 Å². The zero-order chi connectivity index (χ0) is 14.1. The Kier molecular flexibility index (Phi) is 6.94. The largest absolute Gasteiger partial charge is 0.495 e. The summed E-state index contributed by atoms with van der Waals surface area (Å²) in [6, 6.07) is 7.76. The first kappa shape index (κ1) is 15.5. The van der Waals surface area contributed by atoms with Gasteiger partial charge < -0.3 is 15.2 Å². The lowest BCUT2D eigenvalue weighted by Crippen LogP contribution is -2.16. The second kappa shape index (κ2) is 8.52. The van der Waals surface area contributed by atoms with Gasteiger partial charge in [0.25, 0.3) is 0 Å². The molecule has 0 amide bonds. The summed E-state index contributed by atoms with van der Waals surface area (Å²) in [7, 11) is 1.57. The van der Waals surface area contributed by atoms with Gasteiger partial charge in [-0.25, -0.2) is 0 Å². The minimum absolute atomic E-state index is 0.254. The first-order chi connectivity index (χ1) is 9.21. The number of aliphatic hydroxyl groups is 1. The van der Waals surface area contributed by atoms with Crippen molar-refractivity contribution < 1.29 is 9.84 Å². The highest BCUT2D eigenvalue weighted by atomic mass is 16.5. The topological polar surface area (TPSA) is 65.3 Å². The lowest BCUT2D eigenvalue weighted by Gasteiger charge is -2.09. The summed E-state index contributed by atoms with van der Waals surface area (Å²) in [4.78, 5) is 0. The minimum atomic E-state index is 0.254. The molecule has 1 aromatic carbocycles. The van der Waals surface area contributed by atoms with Gasteiger partial charge in [0.2, 0.25) is 0 Å². The van der Waals surface area contributed by atoms with Gasteiger partial charge in [-0.3, -0.25) is 0 Å². The number of hydrogen-bond acceptors (Lipinski definition) is 4. The third-order valence-electron chi connectivity index (χ3n) is 3.08. The predicted molar refractivity (Wildman–Crippen MR) is 74.9 cm³/mol. The molecule has 0 fully saturated rings. The van der Waals surface area contributed by atoms with E-state index in [4.69, 9.17) is 15.1 Å². The number of nitrogens with one attached hydrogen (secondary N) is 1. The van der Waals surface area contributed by atoms with Crippen molar-refractivity contribution in [1.29, 1.82) is 5.26 Å². The van der Waals surface area contributed by atoms with Crippen LogP contribution >= 0.6 is 0 Å². The highest BCUT2D eigenvalue weighted by Gasteiger charge is 2.03. The summed E-state index contributed by atoms with van der Waals surface area (Å²) in [5.41, 5.74) is 1.64. The van der Waals surface area contributed by atoms with Crippen LogP contribution in [0.25, 0.3) is 0 Å². The molecule has 0 spiro atoms. The van der Waals surface area contributed by atoms with Crippen molar-refractivity contribution in [2.75, 3.05) is 20.3 Å². The van der Waals surface area contributed by atoms with Crippen molar-refractivity contribution in [3.8, 4) is 11.8 Å². The molecule has 0 aliphatic heterocycles. The smallest absolute Gasteiger partial charge is 0.136 e. The average Bonchev–Trinajstić information content (AvgIpc) is 2.46. The highest BCUT2D eigenvalue weighted by molar-refractivity contribution is 5.45. The zero-order valence-corrected chi connectivity index (χ0v) is 11.6. The molecule has 2 N–H and O–H groups in total. The van der Waals surface area contributed by atoms with Crippen molar-refractivity contribution in [2.45, 2.75) is 26.3 Å². The van der Waals surface area contributed by atoms with Gasteiger partial charge in [0.05, 0.1) is 12.7 Å². The molecule has 1 atom stereocenters. The van der Waals surface area contributed by atoms with E-state index in [1.165, 1.54) is 0 Å². The van der Waals surface area contributed by atoms with E-state index < -0.39 is 0 Å². The van der Waals surface area contributed by atoms with E-state index in [0.717, 1.165) is 31.5 Å². The van der Waals surface area contributed by atoms with E-state index in [1.807, 2.05) is 25.1 Å². The molecule has 0 radical (unpaired) electrons. The fourth-order valence-electron chi connectivity index (χ4n) is 1.85. The maximum absolute atomic E-state index is 9.00. The fourth-order valence-corrected chi connectivity index (χ4v) is 1.85. The van der Waals surface area contributed by atoms with Crippen molar-refractivity contribution in [2.24, 2.45) is 5.92 Å². The summed E-state index contributed by atoms with van der Waals surface area (Å²) in [6.45, 7) is 3.96. The standard InChI is InChI=1S/C15H22N2O2/c1-12(11-18)4-3-7-17-10-13-5-6-15(19-2)14(8-13)9-16/h5-6,8,12,17-18H,3-4,7,10-11H2,1-2H3. The van der Waals surface area contributed by atoms with Crippen molar-refractivity contribution in [1.82, 2.24) is 5.32 Å². The van der Waals surface area contributed by atoms with Crippen LogP contribution in [0.15, 0.2) is 18.2 Å². The second-order valence-electron chi connectivity index (χ2n) is 4.75. The first-order valence-electron chi connectivity index (χ1n) is 6.59. The molecule has 0 aliphatic rings. The number of nitriles is 1. The van der Waals surface area contributed by atoms with Crippen LogP contribution in [0.5, 0.6) is 5.75 Å². The third kappa shape index (κ3) is 5.29. The Morgan fingerprint density at radius 1 is 1.47 bits per heavy atom. The van der Waals surface area contributed by atoms with Gasteiger partial charge in [0, 0.05) is 13.2 Å². The zero-order valence-electron chi connectivity index (χ0n) is 11.6. The van der Waals surface area contributed by atoms with Crippen LogP contribution in [0, 0.1) is 17.2 Å². The number of hydrogen-bond donors (Lipinski definition) is 2. The van der Waals surface area contributed by atoms with Gasteiger partial charge in [0.15, 0.2) is 0 Å². The van der Waals surface area contributed by atoms with Crippen LogP contribution in [0.2, 0.25) is 0 Å². The van der Waals surface area contributed by atoms with E-state index in [2.05, 4.69) is 11.4 Å². The van der Waals surface area contributed by atoms with Gasteiger partial charge in [-0.15, -0.1) is 0 Å². The summed E-state index contributed by atoms with van der Waals surface area (Å²) in [6.07, 6.45) is 2.07. The Balaban J connectivity index is 2.36. The van der Waals surface area contributed by atoms with Gasteiger partial charge in [0.1, 0.15) is 11.8 Å². The Labute approximate surface area is 115 Å². The van der Waals surface area contributed by atoms with Gasteiger partial charge in [-0.05, 0) is 43.0 Å². The van der Waals surface area contributed by atoms with E-state index >= 15 is 0 Å². The number of methoxy groups -OCH3 is 1. The Bertz CT molecular complexity index is 427. The van der Waals surface area contributed by atoms with Crippen LogP contribution in [0.1, 0.15) is 30.9 Å². The predicted octanol–water partition coefficient (Wildman–Crippen LogP) is 2.07. The van der Waals surface area contributed by atoms with Crippen LogP contribution in [0.3, 0.4) is 0 Å². The molecular weight excluding hydrogens is 240 g/mol. The van der Waals surface area contributed by atoms with E-state index in [1.54, 1.807) is 7.11 Å². The lowest BCUT2D eigenvalue weighted by molar-refractivity contribution is 0.228. The molecule has 104 valence electrons. The Morgan fingerprint density at radius 2 is 2.26 bits per heavy atom. The maximum Gasteiger partial charge on any atom is 0.136 e. The summed E-state index contributed by atoms with van der Waals surface area (Å²) in [5, 5.41) is 21.2. The normalized spacial score (nSPS) is 11.9. The lowest BCUT2D eigenvalue weighted by atomic mass is 10.1. The van der Waals surface area contributed by atoms with Crippen LogP contribution in [-0.4, -0.2) is 25.4 Å². The van der Waals surface area contributed by atoms with Gasteiger partial charge >= 0.3 is 0 Å². The number of nitrogens with zero attached hydrogens (tertiary/aromatic N) is 1.